The summed E-state index contributed by atoms with van der Waals surface area (Å²) in [5.74, 6) is -1.05. The van der Waals surface area contributed by atoms with Crippen molar-refractivity contribution in [3.05, 3.63) is 64.5 Å². The van der Waals surface area contributed by atoms with Crippen LogP contribution < -0.4 is 5.32 Å². The van der Waals surface area contributed by atoms with Gasteiger partial charge in [-0.3, -0.25) is 4.98 Å². The molecular formula is C17H20F2N2. The predicted octanol–water partition coefficient (Wildman–Crippen LogP) is 4.07. The fourth-order valence-corrected chi connectivity index (χ4v) is 2.36. The molecule has 0 radical (unpaired) electrons. The van der Waals surface area contributed by atoms with Gasteiger partial charge in [0.15, 0.2) is 0 Å². The SMILES string of the molecule is CCCNC(c1cnccc1C)c1cc(C)c(F)cc1F. The Morgan fingerprint density at radius 3 is 2.52 bits per heavy atom. The summed E-state index contributed by atoms with van der Waals surface area (Å²) < 4.78 is 27.7. The van der Waals surface area contributed by atoms with E-state index in [0.29, 0.717) is 11.1 Å². The first kappa shape index (κ1) is 15.6. The van der Waals surface area contributed by atoms with E-state index in [2.05, 4.69) is 10.3 Å². The van der Waals surface area contributed by atoms with E-state index in [9.17, 15) is 8.78 Å². The third kappa shape index (κ3) is 3.45. The van der Waals surface area contributed by atoms with E-state index in [1.807, 2.05) is 19.9 Å². The molecule has 4 heteroatoms. The molecule has 1 aromatic carbocycles. The molecule has 0 saturated carbocycles. The average molecular weight is 290 g/mol. The Hall–Kier alpha value is -1.81. The number of halogens is 2. The molecule has 0 saturated heterocycles. The second-order valence-corrected chi connectivity index (χ2v) is 5.24. The molecule has 112 valence electrons. The van der Waals surface area contributed by atoms with Crippen LogP contribution in [-0.2, 0) is 0 Å². The van der Waals surface area contributed by atoms with E-state index in [1.54, 1.807) is 25.4 Å². The van der Waals surface area contributed by atoms with Gasteiger partial charge in [0.05, 0.1) is 6.04 Å². The van der Waals surface area contributed by atoms with Gasteiger partial charge in [-0.15, -0.1) is 0 Å². The maximum atomic E-state index is 14.2. The lowest BCUT2D eigenvalue weighted by atomic mass is 9.94. The topological polar surface area (TPSA) is 24.9 Å². The van der Waals surface area contributed by atoms with Gasteiger partial charge in [-0.2, -0.15) is 0 Å². The molecule has 0 aliphatic heterocycles. The number of nitrogens with zero attached hydrogens (tertiary/aromatic N) is 1. The monoisotopic (exact) mass is 290 g/mol. The lowest BCUT2D eigenvalue weighted by Crippen LogP contribution is -2.25. The smallest absolute Gasteiger partial charge is 0.131 e. The van der Waals surface area contributed by atoms with E-state index < -0.39 is 11.6 Å². The van der Waals surface area contributed by atoms with E-state index in [-0.39, 0.29) is 6.04 Å². The van der Waals surface area contributed by atoms with Gasteiger partial charge in [-0.05, 0) is 55.6 Å². The molecule has 2 rings (SSSR count). The fourth-order valence-electron chi connectivity index (χ4n) is 2.36. The highest BCUT2D eigenvalue weighted by Gasteiger charge is 2.20. The fraction of sp³-hybridized carbons (Fsp3) is 0.353. The Bertz CT molecular complexity index is 626. The van der Waals surface area contributed by atoms with Gasteiger partial charge in [0.25, 0.3) is 0 Å². The molecule has 1 N–H and O–H groups in total. The molecule has 1 heterocycles. The molecule has 1 unspecified atom stereocenters. The Morgan fingerprint density at radius 2 is 1.86 bits per heavy atom. The summed E-state index contributed by atoms with van der Waals surface area (Å²) in [5.41, 5.74) is 2.84. The second kappa shape index (κ2) is 6.76. The van der Waals surface area contributed by atoms with Gasteiger partial charge in [0.2, 0.25) is 0 Å². The number of nitrogens with one attached hydrogen (secondary N) is 1. The van der Waals surface area contributed by atoms with Crippen LogP contribution >= 0.6 is 0 Å². The van der Waals surface area contributed by atoms with Crippen LogP contribution in [0.1, 0.15) is 41.6 Å². The normalized spacial score (nSPS) is 12.4. The quantitative estimate of drug-likeness (QED) is 0.898. The first-order valence-electron chi connectivity index (χ1n) is 7.14. The highest BCUT2D eigenvalue weighted by Crippen LogP contribution is 2.28. The molecule has 0 aliphatic carbocycles. The zero-order chi connectivity index (χ0) is 15.4. The summed E-state index contributed by atoms with van der Waals surface area (Å²) in [5, 5.41) is 3.33. The molecule has 0 bridgehead atoms. The number of benzene rings is 1. The summed E-state index contributed by atoms with van der Waals surface area (Å²) in [4.78, 5) is 4.13. The number of hydrogen-bond acceptors (Lipinski definition) is 2. The molecule has 2 nitrogen and oxygen atoms in total. The van der Waals surface area contributed by atoms with Crippen molar-refractivity contribution in [2.75, 3.05) is 6.54 Å². The van der Waals surface area contributed by atoms with Gasteiger partial charge < -0.3 is 5.32 Å². The van der Waals surface area contributed by atoms with Crippen LogP contribution in [0.3, 0.4) is 0 Å². The minimum Gasteiger partial charge on any atom is -0.306 e. The first-order valence-corrected chi connectivity index (χ1v) is 7.14. The molecule has 21 heavy (non-hydrogen) atoms. The van der Waals surface area contributed by atoms with Gasteiger partial charge in [-0.1, -0.05) is 6.92 Å². The van der Waals surface area contributed by atoms with E-state index in [4.69, 9.17) is 0 Å². The predicted molar refractivity (Wildman–Crippen MR) is 80.2 cm³/mol. The lowest BCUT2D eigenvalue weighted by molar-refractivity contribution is 0.528. The standard InChI is InChI=1S/C17H20F2N2/c1-4-6-21-17(14-10-20-7-5-11(14)2)13-8-12(3)15(18)9-16(13)19/h5,7-10,17,21H,4,6H2,1-3H3. The Labute approximate surface area is 124 Å². The van der Waals surface area contributed by atoms with Gasteiger partial charge >= 0.3 is 0 Å². The highest BCUT2D eigenvalue weighted by molar-refractivity contribution is 5.37. The molecule has 1 aromatic heterocycles. The molecule has 0 aliphatic rings. The van der Waals surface area contributed by atoms with Crippen LogP contribution in [0.2, 0.25) is 0 Å². The zero-order valence-corrected chi connectivity index (χ0v) is 12.6. The summed E-state index contributed by atoms with van der Waals surface area (Å²) in [7, 11) is 0. The van der Waals surface area contributed by atoms with Crippen LogP contribution in [0, 0.1) is 25.5 Å². The zero-order valence-electron chi connectivity index (χ0n) is 12.6. The molecule has 0 spiro atoms. The van der Waals surface area contributed by atoms with Crippen molar-refractivity contribution in [3.63, 3.8) is 0 Å². The minimum atomic E-state index is -0.532. The van der Waals surface area contributed by atoms with Gasteiger partial charge in [0.1, 0.15) is 11.6 Å². The maximum absolute atomic E-state index is 14.2. The van der Waals surface area contributed by atoms with Gasteiger partial charge in [0, 0.05) is 24.0 Å². The Morgan fingerprint density at radius 1 is 1.10 bits per heavy atom. The molecule has 0 fully saturated rings. The van der Waals surface area contributed by atoms with Crippen molar-refractivity contribution in [1.29, 1.82) is 0 Å². The van der Waals surface area contributed by atoms with Crippen LogP contribution in [0.15, 0.2) is 30.6 Å². The maximum Gasteiger partial charge on any atom is 0.131 e. The average Bonchev–Trinajstić information content (AvgIpc) is 2.46. The number of aryl methyl sites for hydroxylation is 2. The van der Waals surface area contributed by atoms with Crippen molar-refractivity contribution >= 4 is 0 Å². The van der Waals surface area contributed by atoms with Crippen LogP contribution in [0.25, 0.3) is 0 Å². The van der Waals surface area contributed by atoms with E-state index in [0.717, 1.165) is 30.2 Å². The van der Waals surface area contributed by atoms with Crippen LogP contribution in [-0.4, -0.2) is 11.5 Å². The van der Waals surface area contributed by atoms with Crippen molar-refractivity contribution in [1.82, 2.24) is 10.3 Å². The third-order valence-electron chi connectivity index (χ3n) is 3.58. The number of aromatic nitrogens is 1. The first-order chi connectivity index (χ1) is 10.0. The number of hydrogen-bond donors (Lipinski definition) is 1. The number of pyridine rings is 1. The molecule has 2 aromatic rings. The summed E-state index contributed by atoms with van der Waals surface area (Å²) in [6.45, 7) is 6.40. The van der Waals surface area contributed by atoms with Gasteiger partial charge in [-0.25, -0.2) is 8.78 Å². The summed E-state index contributed by atoms with van der Waals surface area (Å²) in [6, 6.07) is 4.10. The molecular weight excluding hydrogens is 270 g/mol. The summed E-state index contributed by atoms with van der Waals surface area (Å²) in [6.07, 6.45) is 4.38. The number of rotatable bonds is 5. The van der Waals surface area contributed by atoms with Crippen molar-refractivity contribution < 1.29 is 8.78 Å². The van der Waals surface area contributed by atoms with E-state index in [1.165, 1.54) is 0 Å². The largest absolute Gasteiger partial charge is 0.306 e. The Kier molecular flexibility index (Phi) is 5.02. The highest BCUT2D eigenvalue weighted by atomic mass is 19.1. The minimum absolute atomic E-state index is 0.321. The lowest BCUT2D eigenvalue weighted by Gasteiger charge is -2.22. The second-order valence-electron chi connectivity index (χ2n) is 5.24. The molecule has 1 atom stereocenters. The van der Waals surface area contributed by atoms with Crippen molar-refractivity contribution in [2.24, 2.45) is 0 Å². The molecule has 0 amide bonds. The van der Waals surface area contributed by atoms with E-state index >= 15 is 0 Å². The summed E-state index contributed by atoms with van der Waals surface area (Å²) >= 11 is 0. The van der Waals surface area contributed by atoms with Crippen molar-refractivity contribution in [3.8, 4) is 0 Å². The third-order valence-corrected chi connectivity index (χ3v) is 3.58. The van der Waals surface area contributed by atoms with Crippen LogP contribution in [0.4, 0.5) is 8.78 Å². The Balaban J connectivity index is 2.51. The van der Waals surface area contributed by atoms with Crippen molar-refractivity contribution in [2.45, 2.75) is 33.2 Å². The van der Waals surface area contributed by atoms with Crippen LogP contribution in [0.5, 0.6) is 0 Å².